The lowest BCUT2D eigenvalue weighted by Crippen LogP contribution is -2.27. The smallest absolute Gasteiger partial charge is 0.230 e. The highest BCUT2D eigenvalue weighted by molar-refractivity contribution is 7.13. The zero-order valence-corrected chi connectivity index (χ0v) is 12.8. The Morgan fingerprint density at radius 2 is 2.00 bits per heavy atom. The number of hydrogen-bond donors (Lipinski definition) is 1. The molecule has 2 aromatic rings. The molecule has 5 heteroatoms. The molecular formula is C15H19N3OS. The SMILES string of the molecule is Cc1cc(C)cc(NCCC(=O)N(C)c2nccs2)c1. The van der Waals surface area contributed by atoms with Crippen molar-refractivity contribution in [2.24, 2.45) is 0 Å². The molecule has 4 nitrogen and oxygen atoms in total. The van der Waals surface area contributed by atoms with Gasteiger partial charge >= 0.3 is 0 Å². The van der Waals surface area contributed by atoms with Crippen LogP contribution >= 0.6 is 11.3 Å². The topological polar surface area (TPSA) is 45.2 Å². The largest absolute Gasteiger partial charge is 0.385 e. The summed E-state index contributed by atoms with van der Waals surface area (Å²) in [5.41, 5.74) is 3.50. The highest BCUT2D eigenvalue weighted by Gasteiger charge is 2.12. The first kappa shape index (κ1) is 14.5. The summed E-state index contributed by atoms with van der Waals surface area (Å²) in [5.74, 6) is 0.0665. The second-order valence-electron chi connectivity index (χ2n) is 4.82. The number of rotatable bonds is 5. The maximum absolute atomic E-state index is 12.0. The molecule has 0 bridgehead atoms. The Hall–Kier alpha value is -1.88. The molecule has 0 aliphatic rings. The number of aromatic nitrogens is 1. The van der Waals surface area contributed by atoms with Crippen molar-refractivity contribution in [2.45, 2.75) is 20.3 Å². The second-order valence-corrected chi connectivity index (χ2v) is 5.69. The lowest BCUT2D eigenvalue weighted by atomic mass is 10.1. The van der Waals surface area contributed by atoms with Crippen LogP contribution in [0.2, 0.25) is 0 Å². The average molecular weight is 289 g/mol. The third-order valence-electron chi connectivity index (χ3n) is 2.97. The molecule has 0 radical (unpaired) electrons. The fraction of sp³-hybridized carbons (Fsp3) is 0.333. The van der Waals surface area contributed by atoms with Crippen LogP contribution in [0.5, 0.6) is 0 Å². The van der Waals surface area contributed by atoms with E-state index in [4.69, 9.17) is 0 Å². The molecule has 1 amide bonds. The van der Waals surface area contributed by atoms with Gasteiger partial charge in [0.25, 0.3) is 0 Å². The van der Waals surface area contributed by atoms with E-state index in [1.54, 1.807) is 18.1 Å². The van der Waals surface area contributed by atoms with E-state index < -0.39 is 0 Å². The van der Waals surface area contributed by atoms with Crippen molar-refractivity contribution < 1.29 is 4.79 Å². The van der Waals surface area contributed by atoms with Crippen molar-refractivity contribution in [3.05, 3.63) is 40.9 Å². The zero-order valence-electron chi connectivity index (χ0n) is 12.0. The zero-order chi connectivity index (χ0) is 14.5. The number of amides is 1. The Morgan fingerprint density at radius 1 is 1.30 bits per heavy atom. The predicted octanol–water partition coefficient (Wildman–Crippen LogP) is 3.22. The Balaban J connectivity index is 1.85. The molecule has 1 heterocycles. The highest BCUT2D eigenvalue weighted by atomic mass is 32.1. The fourth-order valence-electron chi connectivity index (χ4n) is 2.05. The molecule has 0 atom stereocenters. The fourth-order valence-corrected chi connectivity index (χ4v) is 2.67. The summed E-state index contributed by atoms with van der Waals surface area (Å²) in [7, 11) is 1.76. The predicted molar refractivity (Wildman–Crippen MR) is 84.5 cm³/mol. The lowest BCUT2D eigenvalue weighted by Gasteiger charge is -2.14. The quantitative estimate of drug-likeness (QED) is 0.919. The summed E-state index contributed by atoms with van der Waals surface area (Å²) in [4.78, 5) is 17.8. The molecule has 106 valence electrons. The average Bonchev–Trinajstić information content (AvgIpc) is 2.90. The van der Waals surface area contributed by atoms with Gasteiger partial charge in [0.15, 0.2) is 5.13 Å². The monoisotopic (exact) mass is 289 g/mol. The number of hydrogen-bond acceptors (Lipinski definition) is 4. The number of benzene rings is 1. The molecule has 0 unspecified atom stereocenters. The van der Waals surface area contributed by atoms with Crippen molar-refractivity contribution >= 4 is 28.1 Å². The third kappa shape index (κ3) is 3.81. The van der Waals surface area contributed by atoms with E-state index in [9.17, 15) is 4.79 Å². The standard InChI is InChI=1S/C15H19N3OS/c1-11-8-12(2)10-13(9-11)16-5-4-14(19)18(3)15-17-6-7-20-15/h6-10,16H,4-5H2,1-3H3. The van der Waals surface area contributed by atoms with Gasteiger partial charge in [-0.3, -0.25) is 9.69 Å². The van der Waals surface area contributed by atoms with Crippen LogP contribution in [0.1, 0.15) is 17.5 Å². The summed E-state index contributed by atoms with van der Waals surface area (Å²) in [6.45, 7) is 4.76. The van der Waals surface area contributed by atoms with Gasteiger partial charge in [-0.1, -0.05) is 6.07 Å². The van der Waals surface area contributed by atoms with Gasteiger partial charge in [0.05, 0.1) is 0 Å². The molecule has 20 heavy (non-hydrogen) atoms. The summed E-state index contributed by atoms with van der Waals surface area (Å²) in [6.07, 6.45) is 2.15. The van der Waals surface area contributed by atoms with Crippen molar-refractivity contribution in [1.82, 2.24) is 4.98 Å². The molecule has 0 aliphatic carbocycles. The van der Waals surface area contributed by atoms with E-state index in [1.165, 1.54) is 22.5 Å². The maximum Gasteiger partial charge on any atom is 0.230 e. The highest BCUT2D eigenvalue weighted by Crippen LogP contribution is 2.17. The first-order chi connectivity index (χ1) is 9.56. The summed E-state index contributed by atoms with van der Waals surface area (Å²) < 4.78 is 0. The van der Waals surface area contributed by atoms with Crippen molar-refractivity contribution in [3.63, 3.8) is 0 Å². The van der Waals surface area contributed by atoms with E-state index >= 15 is 0 Å². The maximum atomic E-state index is 12.0. The van der Waals surface area contributed by atoms with E-state index in [1.807, 2.05) is 5.38 Å². The van der Waals surface area contributed by atoms with Gasteiger partial charge in [0.2, 0.25) is 5.91 Å². The van der Waals surface area contributed by atoms with Gasteiger partial charge in [-0.25, -0.2) is 4.98 Å². The molecule has 0 saturated carbocycles. The van der Waals surface area contributed by atoms with Crippen LogP contribution in [0.3, 0.4) is 0 Å². The van der Waals surface area contributed by atoms with Crippen molar-refractivity contribution in [2.75, 3.05) is 23.8 Å². The van der Waals surface area contributed by atoms with Crippen LogP contribution in [0.25, 0.3) is 0 Å². The van der Waals surface area contributed by atoms with Gasteiger partial charge in [-0.15, -0.1) is 11.3 Å². The Labute approximate surface area is 123 Å². The van der Waals surface area contributed by atoms with E-state index in [0.717, 1.165) is 10.8 Å². The van der Waals surface area contributed by atoms with Gasteiger partial charge < -0.3 is 5.32 Å². The van der Waals surface area contributed by atoms with Gasteiger partial charge in [0, 0.05) is 37.3 Å². The summed E-state index contributed by atoms with van der Waals surface area (Å²) in [6, 6.07) is 6.30. The van der Waals surface area contributed by atoms with E-state index in [-0.39, 0.29) is 5.91 Å². The minimum Gasteiger partial charge on any atom is -0.385 e. The number of anilines is 2. The minimum atomic E-state index is 0.0665. The van der Waals surface area contributed by atoms with Crippen LogP contribution < -0.4 is 10.2 Å². The third-order valence-corrected chi connectivity index (χ3v) is 3.82. The number of nitrogens with one attached hydrogen (secondary N) is 1. The molecule has 0 fully saturated rings. The Morgan fingerprint density at radius 3 is 2.60 bits per heavy atom. The van der Waals surface area contributed by atoms with E-state index in [0.29, 0.717) is 13.0 Å². The number of thiazole rings is 1. The number of nitrogens with zero attached hydrogens (tertiary/aromatic N) is 2. The van der Waals surface area contributed by atoms with Gasteiger partial charge in [-0.2, -0.15) is 0 Å². The molecule has 0 spiro atoms. The molecule has 0 aliphatic heterocycles. The molecule has 1 aromatic heterocycles. The molecule has 2 rings (SSSR count). The number of carbonyl (C=O) groups excluding carboxylic acids is 1. The molecular weight excluding hydrogens is 270 g/mol. The number of carbonyl (C=O) groups is 1. The molecule has 1 aromatic carbocycles. The summed E-state index contributed by atoms with van der Waals surface area (Å²) in [5, 5.41) is 5.90. The van der Waals surface area contributed by atoms with Crippen molar-refractivity contribution in [3.8, 4) is 0 Å². The molecule has 1 N–H and O–H groups in total. The van der Waals surface area contributed by atoms with Gasteiger partial charge in [0.1, 0.15) is 0 Å². The van der Waals surface area contributed by atoms with Crippen LogP contribution in [-0.4, -0.2) is 24.5 Å². The first-order valence-corrected chi connectivity index (χ1v) is 7.42. The lowest BCUT2D eigenvalue weighted by molar-refractivity contribution is -0.118. The molecule has 0 saturated heterocycles. The first-order valence-electron chi connectivity index (χ1n) is 6.54. The van der Waals surface area contributed by atoms with Crippen LogP contribution in [0.15, 0.2) is 29.8 Å². The van der Waals surface area contributed by atoms with Crippen LogP contribution in [0, 0.1) is 13.8 Å². The normalized spacial score (nSPS) is 10.3. The minimum absolute atomic E-state index is 0.0665. The van der Waals surface area contributed by atoms with E-state index in [2.05, 4.69) is 42.3 Å². The Kier molecular flexibility index (Phi) is 4.74. The second kappa shape index (κ2) is 6.52. The number of aryl methyl sites for hydroxylation is 2. The van der Waals surface area contributed by atoms with Crippen LogP contribution in [-0.2, 0) is 4.79 Å². The van der Waals surface area contributed by atoms with Crippen LogP contribution in [0.4, 0.5) is 10.8 Å². The van der Waals surface area contributed by atoms with Crippen molar-refractivity contribution in [1.29, 1.82) is 0 Å². The summed E-state index contributed by atoms with van der Waals surface area (Å²) >= 11 is 1.47. The van der Waals surface area contributed by atoms with Gasteiger partial charge in [-0.05, 0) is 37.1 Å². The Bertz CT molecular complexity index is 561.